The van der Waals surface area contributed by atoms with Gasteiger partial charge in [0.1, 0.15) is 5.65 Å². The average molecular weight is 338 g/mol. The molecule has 3 aromatic rings. The van der Waals surface area contributed by atoms with Gasteiger partial charge in [-0.3, -0.25) is 9.20 Å². The number of pyridine rings is 1. The lowest BCUT2D eigenvalue weighted by atomic mass is 10.0. The van der Waals surface area contributed by atoms with Crippen LogP contribution >= 0.6 is 0 Å². The van der Waals surface area contributed by atoms with Gasteiger partial charge in [-0.15, -0.1) is 0 Å². The van der Waals surface area contributed by atoms with Crippen LogP contribution in [0.4, 0.5) is 4.39 Å². The predicted octanol–water partition coefficient (Wildman–Crippen LogP) is 2.57. The summed E-state index contributed by atoms with van der Waals surface area (Å²) in [6, 6.07) is 13.6. The monoisotopic (exact) mass is 338 g/mol. The molecule has 2 aromatic heterocycles. The molecule has 0 bridgehead atoms. The second-order valence-corrected chi connectivity index (χ2v) is 6.35. The van der Waals surface area contributed by atoms with Crippen molar-refractivity contribution in [3.05, 3.63) is 71.4 Å². The number of benzene rings is 1. The van der Waals surface area contributed by atoms with Gasteiger partial charge in [-0.1, -0.05) is 30.3 Å². The molecule has 3 heterocycles. The smallest absolute Gasteiger partial charge is 0.277 e. The number of carbonyl (C=O) groups is 1. The van der Waals surface area contributed by atoms with E-state index < -0.39 is 5.95 Å². The van der Waals surface area contributed by atoms with E-state index in [0.717, 1.165) is 11.1 Å². The van der Waals surface area contributed by atoms with Crippen molar-refractivity contribution in [1.82, 2.24) is 19.6 Å². The second kappa shape index (κ2) is 6.29. The lowest BCUT2D eigenvalue weighted by molar-refractivity contribution is 0.0692. The zero-order chi connectivity index (χ0) is 17.4. The predicted molar refractivity (Wildman–Crippen MR) is 93.0 cm³/mol. The number of carbonyl (C=O) groups excluding carboxylic acids is 1. The number of piperazine rings is 1. The third-order valence-electron chi connectivity index (χ3n) is 4.59. The van der Waals surface area contributed by atoms with Crippen LogP contribution in [0.15, 0.2) is 48.7 Å². The van der Waals surface area contributed by atoms with Crippen LogP contribution in [0.1, 0.15) is 27.7 Å². The van der Waals surface area contributed by atoms with E-state index >= 15 is 0 Å². The van der Waals surface area contributed by atoms with E-state index in [0.29, 0.717) is 25.3 Å². The van der Waals surface area contributed by atoms with Crippen molar-refractivity contribution in [2.75, 3.05) is 19.6 Å². The maximum Gasteiger partial charge on any atom is 0.277 e. The van der Waals surface area contributed by atoms with Crippen LogP contribution < -0.4 is 5.32 Å². The Morgan fingerprint density at radius 1 is 1.28 bits per heavy atom. The van der Waals surface area contributed by atoms with Gasteiger partial charge in [0, 0.05) is 31.9 Å². The van der Waals surface area contributed by atoms with Crippen LogP contribution in [0.2, 0.25) is 0 Å². The summed E-state index contributed by atoms with van der Waals surface area (Å²) in [7, 11) is 0. The van der Waals surface area contributed by atoms with Crippen LogP contribution in [0.25, 0.3) is 5.65 Å². The number of nitrogens with one attached hydrogen (secondary N) is 1. The molecule has 25 heavy (non-hydrogen) atoms. The molecule has 0 radical (unpaired) electrons. The van der Waals surface area contributed by atoms with Gasteiger partial charge in [-0.25, -0.2) is 4.98 Å². The number of imidazole rings is 1. The molecular formula is C19H19FN4O. The Hall–Kier alpha value is -2.73. The maximum absolute atomic E-state index is 14.6. The van der Waals surface area contributed by atoms with Crippen LogP contribution in [-0.2, 0) is 0 Å². The number of amides is 1. The van der Waals surface area contributed by atoms with E-state index in [9.17, 15) is 9.18 Å². The molecule has 1 atom stereocenters. The summed E-state index contributed by atoms with van der Waals surface area (Å²) in [5, 5.41) is 3.41. The van der Waals surface area contributed by atoms with E-state index in [2.05, 4.69) is 10.3 Å². The molecule has 5 nitrogen and oxygen atoms in total. The fourth-order valence-electron chi connectivity index (χ4n) is 3.25. The Balaban J connectivity index is 1.61. The Morgan fingerprint density at radius 3 is 2.88 bits per heavy atom. The Labute approximate surface area is 145 Å². The van der Waals surface area contributed by atoms with E-state index in [-0.39, 0.29) is 17.6 Å². The average Bonchev–Trinajstić information content (AvgIpc) is 2.98. The molecule has 1 amide bonds. The SMILES string of the molecule is Cc1ccn2c(F)c(C(=O)N3CCNC(c4ccccc4)C3)nc2c1. The summed E-state index contributed by atoms with van der Waals surface area (Å²) in [5.41, 5.74) is 2.43. The van der Waals surface area contributed by atoms with Gasteiger partial charge in [0.05, 0.1) is 0 Å². The Bertz CT molecular complexity index is 922. The molecule has 1 saturated heterocycles. The fourth-order valence-corrected chi connectivity index (χ4v) is 3.25. The molecular weight excluding hydrogens is 319 g/mol. The largest absolute Gasteiger partial charge is 0.334 e. The first-order valence-corrected chi connectivity index (χ1v) is 8.35. The molecule has 1 aliphatic heterocycles. The lowest BCUT2D eigenvalue weighted by Crippen LogP contribution is -2.48. The summed E-state index contributed by atoms with van der Waals surface area (Å²) < 4.78 is 15.9. The second-order valence-electron chi connectivity index (χ2n) is 6.35. The number of hydrogen-bond acceptors (Lipinski definition) is 3. The highest BCUT2D eigenvalue weighted by Crippen LogP contribution is 2.20. The highest BCUT2D eigenvalue weighted by Gasteiger charge is 2.29. The molecule has 128 valence electrons. The lowest BCUT2D eigenvalue weighted by Gasteiger charge is -2.33. The van der Waals surface area contributed by atoms with Gasteiger partial charge in [-0.2, -0.15) is 4.39 Å². The third kappa shape index (κ3) is 2.89. The molecule has 1 N–H and O–H groups in total. The first kappa shape index (κ1) is 15.8. The van der Waals surface area contributed by atoms with Crippen LogP contribution in [0, 0.1) is 12.9 Å². The molecule has 1 fully saturated rings. The Kier molecular flexibility index (Phi) is 3.97. The number of rotatable bonds is 2. The fraction of sp³-hybridized carbons (Fsp3) is 0.263. The van der Waals surface area contributed by atoms with Gasteiger partial charge in [0.2, 0.25) is 5.95 Å². The standard InChI is InChI=1S/C19H19FN4O/c1-13-7-9-24-16(11-13)22-17(18(24)20)19(25)23-10-8-21-15(12-23)14-5-3-2-4-6-14/h2-7,9,11,15,21H,8,10,12H2,1H3. The highest BCUT2D eigenvalue weighted by atomic mass is 19.1. The van der Waals surface area contributed by atoms with Gasteiger partial charge >= 0.3 is 0 Å². The number of nitrogens with zero attached hydrogens (tertiary/aromatic N) is 3. The molecule has 0 saturated carbocycles. The molecule has 4 rings (SSSR count). The van der Waals surface area contributed by atoms with E-state index in [1.807, 2.05) is 37.3 Å². The quantitative estimate of drug-likeness (QED) is 0.781. The van der Waals surface area contributed by atoms with Crippen molar-refractivity contribution in [2.24, 2.45) is 0 Å². The van der Waals surface area contributed by atoms with Gasteiger partial charge in [0.15, 0.2) is 5.69 Å². The van der Waals surface area contributed by atoms with Crippen molar-refractivity contribution >= 4 is 11.6 Å². The van der Waals surface area contributed by atoms with Crippen LogP contribution in [0.3, 0.4) is 0 Å². The normalized spacial score (nSPS) is 17.8. The number of hydrogen-bond donors (Lipinski definition) is 1. The van der Waals surface area contributed by atoms with Crippen molar-refractivity contribution in [2.45, 2.75) is 13.0 Å². The zero-order valence-corrected chi connectivity index (χ0v) is 13.9. The number of halogens is 1. The zero-order valence-electron chi connectivity index (χ0n) is 13.9. The molecule has 1 unspecified atom stereocenters. The van der Waals surface area contributed by atoms with Crippen molar-refractivity contribution in [1.29, 1.82) is 0 Å². The number of aromatic nitrogens is 2. The molecule has 1 aliphatic rings. The topological polar surface area (TPSA) is 49.6 Å². The molecule has 6 heteroatoms. The maximum atomic E-state index is 14.6. The van der Waals surface area contributed by atoms with Gasteiger partial charge in [-0.05, 0) is 30.2 Å². The van der Waals surface area contributed by atoms with E-state index in [4.69, 9.17) is 0 Å². The summed E-state index contributed by atoms with van der Waals surface area (Å²) in [6.45, 7) is 3.61. The first-order valence-electron chi connectivity index (χ1n) is 8.35. The third-order valence-corrected chi connectivity index (χ3v) is 4.59. The van der Waals surface area contributed by atoms with Crippen molar-refractivity contribution in [3.8, 4) is 0 Å². The summed E-state index contributed by atoms with van der Waals surface area (Å²) in [5.74, 6) is -0.962. The molecule has 0 spiro atoms. The van der Waals surface area contributed by atoms with Crippen LogP contribution in [-0.4, -0.2) is 39.8 Å². The molecule has 1 aromatic carbocycles. The van der Waals surface area contributed by atoms with E-state index in [1.165, 1.54) is 4.40 Å². The summed E-state index contributed by atoms with van der Waals surface area (Å²) >= 11 is 0. The minimum atomic E-state index is -0.602. The van der Waals surface area contributed by atoms with Crippen molar-refractivity contribution in [3.63, 3.8) is 0 Å². The number of fused-ring (bicyclic) bond motifs is 1. The summed E-state index contributed by atoms with van der Waals surface area (Å²) in [4.78, 5) is 18.7. The van der Waals surface area contributed by atoms with Gasteiger partial charge < -0.3 is 10.2 Å². The minimum absolute atomic E-state index is 0.0428. The van der Waals surface area contributed by atoms with Crippen LogP contribution in [0.5, 0.6) is 0 Å². The van der Waals surface area contributed by atoms with E-state index in [1.54, 1.807) is 23.2 Å². The minimum Gasteiger partial charge on any atom is -0.334 e. The summed E-state index contributed by atoms with van der Waals surface area (Å²) in [6.07, 6.45) is 1.61. The highest BCUT2D eigenvalue weighted by molar-refractivity contribution is 5.93. The van der Waals surface area contributed by atoms with Gasteiger partial charge in [0.25, 0.3) is 5.91 Å². The number of aryl methyl sites for hydroxylation is 1. The van der Waals surface area contributed by atoms with Crippen molar-refractivity contribution < 1.29 is 9.18 Å². The molecule has 0 aliphatic carbocycles. The Morgan fingerprint density at radius 2 is 2.08 bits per heavy atom. The first-order chi connectivity index (χ1) is 12.1.